The Balaban J connectivity index is 1.78. The Bertz CT molecular complexity index is 663. The average Bonchev–Trinajstić information content (AvgIpc) is 2.96. The maximum absolute atomic E-state index is 9.06. The van der Waals surface area contributed by atoms with Crippen LogP contribution in [0.3, 0.4) is 0 Å². The molecule has 0 unspecified atom stereocenters. The molecule has 0 atom stereocenters. The van der Waals surface area contributed by atoms with E-state index in [0.29, 0.717) is 5.56 Å². The van der Waals surface area contributed by atoms with Crippen LogP contribution >= 0.6 is 15.9 Å². The second kappa shape index (κ2) is 6.44. The van der Waals surface area contributed by atoms with E-state index >= 15 is 0 Å². The van der Waals surface area contributed by atoms with Gasteiger partial charge in [-0.2, -0.15) is 10.4 Å². The molecule has 0 N–H and O–H groups in total. The molecule has 1 aromatic carbocycles. The molecule has 2 aromatic rings. The van der Waals surface area contributed by atoms with Gasteiger partial charge >= 0.3 is 0 Å². The molecule has 0 aliphatic heterocycles. The van der Waals surface area contributed by atoms with Crippen molar-refractivity contribution in [3.63, 3.8) is 0 Å². The van der Waals surface area contributed by atoms with Gasteiger partial charge in [0.1, 0.15) is 0 Å². The topological polar surface area (TPSA) is 41.6 Å². The Morgan fingerprint density at radius 1 is 1.19 bits per heavy atom. The van der Waals surface area contributed by atoms with E-state index in [1.165, 1.54) is 32.1 Å². The zero-order valence-corrected chi connectivity index (χ0v) is 13.5. The van der Waals surface area contributed by atoms with E-state index in [1.807, 2.05) is 24.4 Å². The molecule has 1 aliphatic rings. The predicted octanol–water partition coefficient (Wildman–Crippen LogP) is 4.76. The molecule has 1 saturated carbocycles. The quantitative estimate of drug-likeness (QED) is 0.805. The largest absolute Gasteiger partial charge is 0.272 e. The first-order valence-corrected chi connectivity index (χ1v) is 8.27. The second-order valence-electron chi connectivity index (χ2n) is 5.80. The summed E-state index contributed by atoms with van der Waals surface area (Å²) in [5.41, 5.74) is 2.78. The highest BCUT2D eigenvalue weighted by Crippen LogP contribution is 2.27. The molecule has 1 heterocycles. The Kier molecular flexibility index (Phi) is 4.40. The van der Waals surface area contributed by atoms with Crippen molar-refractivity contribution < 1.29 is 0 Å². The minimum absolute atomic E-state index is 0.666. The van der Waals surface area contributed by atoms with E-state index in [0.717, 1.165) is 28.1 Å². The van der Waals surface area contributed by atoms with E-state index in [-0.39, 0.29) is 0 Å². The maximum Gasteiger partial charge on any atom is 0.0992 e. The highest BCUT2D eigenvalue weighted by molar-refractivity contribution is 9.10. The molecule has 1 aromatic heterocycles. The van der Waals surface area contributed by atoms with Gasteiger partial charge in [-0.25, -0.2) is 0 Å². The van der Waals surface area contributed by atoms with Crippen LogP contribution < -0.4 is 0 Å². The molecule has 3 nitrogen and oxygen atoms in total. The van der Waals surface area contributed by atoms with Gasteiger partial charge in [0.2, 0.25) is 0 Å². The van der Waals surface area contributed by atoms with Gasteiger partial charge < -0.3 is 0 Å². The minimum atomic E-state index is 0.666. The lowest BCUT2D eigenvalue weighted by molar-refractivity contribution is 0.308. The van der Waals surface area contributed by atoms with Gasteiger partial charge in [-0.3, -0.25) is 4.68 Å². The third kappa shape index (κ3) is 3.54. The fourth-order valence-electron chi connectivity index (χ4n) is 3.07. The third-order valence-corrected chi connectivity index (χ3v) is 4.62. The van der Waals surface area contributed by atoms with Gasteiger partial charge in [-0.15, -0.1) is 0 Å². The van der Waals surface area contributed by atoms with Gasteiger partial charge in [-0.05, 0) is 42.5 Å². The molecule has 0 bridgehead atoms. The summed E-state index contributed by atoms with van der Waals surface area (Å²) in [6.45, 7) is 1.01. The molecular formula is C17H18BrN3. The molecule has 0 amide bonds. The Morgan fingerprint density at radius 3 is 2.76 bits per heavy atom. The first-order valence-electron chi connectivity index (χ1n) is 7.48. The number of aromatic nitrogens is 2. The number of rotatable bonds is 3. The van der Waals surface area contributed by atoms with Crippen molar-refractivity contribution in [3.8, 4) is 17.2 Å². The Morgan fingerprint density at radius 2 is 2.00 bits per heavy atom. The second-order valence-corrected chi connectivity index (χ2v) is 6.71. The zero-order chi connectivity index (χ0) is 14.7. The standard InChI is InChI=1S/C17H18BrN3/c18-17-7-14(9-19)6-15(8-17)16-10-20-21(12-16)11-13-4-2-1-3-5-13/h6-8,10,12-13H,1-5,11H2. The molecular weight excluding hydrogens is 326 g/mol. The number of nitriles is 1. The molecule has 21 heavy (non-hydrogen) atoms. The molecule has 1 aliphatic carbocycles. The van der Waals surface area contributed by atoms with Crippen molar-refractivity contribution >= 4 is 15.9 Å². The lowest BCUT2D eigenvalue weighted by atomic mass is 9.89. The van der Waals surface area contributed by atoms with Crippen molar-refractivity contribution in [2.45, 2.75) is 38.6 Å². The normalized spacial score (nSPS) is 15.8. The number of benzene rings is 1. The summed E-state index contributed by atoms with van der Waals surface area (Å²) < 4.78 is 2.98. The van der Waals surface area contributed by atoms with E-state index in [2.05, 4.69) is 38.0 Å². The zero-order valence-electron chi connectivity index (χ0n) is 11.9. The molecule has 0 saturated heterocycles. The minimum Gasteiger partial charge on any atom is -0.272 e. The molecule has 0 radical (unpaired) electrons. The highest BCUT2D eigenvalue weighted by atomic mass is 79.9. The van der Waals surface area contributed by atoms with Crippen molar-refractivity contribution in [3.05, 3.63) is 40.6 Å². The SMILES string of the molecule is N#Cc1cc(Br)cc(-c2cnn(CC3CCCCC3)c2)c1. The fourth-order valence-corrected chi connectivity index (χ4v) is 3.56. The van der Waals surface area contributed by atoms with Gasteiger partial charge in [0.05, 0.1) is 17.8 Å². The van der Waals surface area contributed by atoms with Gasteiger partial charge in [0.25, 0.3) is 0 Å². The summed E-state index contributed by atoms with van der Waals surface area (Å²) >= 11 is 3.46. The summed E-state index contributed by atoms with van der Waals surface area (Å²) in [7, 11) is 0. The van der Waals surface area contributed by atoms with Crippen LogP contribution in [0.5, 0.6) is 0 Å². The first kappa shape index (κ1) is 14.3. The molecule has 3 rings (SSSR count). The van der Waals surface area contributed by atoms with Crippen molar-refractivity contribution in [1.29, 1.82) is 5.26 Å². The number of hydrogen-bond donors (Lipinski definition) is 0. The molecule has 108 valence electrons. The maximum atomic E-state index is 9.06. The Labute approximate surface area is 133 Å². The smallest absolute Gasteiger partial charge is 0.0992 e. The van der Waals surface area contributed by atoms with E-state index in [1.54, 1.807) is 0 Å². The van der Waals surface area contributed by atoms with Crippen LogP contribution in [-0.4, -0.2) is 9.78 Å². The van der Waals surface area contributed by atoms with Gasteiger partial charge in [0, 0.05) is 22.8 Å². The third-order valence-electron chi connectivity index (χ3n) is 4.16. The van der Waals surface area contributed by atoms with Crippen LogP contribution in [0.2, 0.25) is 0 Å². The number of hydrogen-bond acceptors (Lipinski definition) is 2. The summed E-state index contributed by atoms with van der Waals surface area (Å²) in [6, 6.07) is 7.96. The lowest BCUT2D eigenvalue weighted by Crippen LogP contribution is -2.14. The molecule has 0 spiro atoms. The van der Waals surface area contributed by atoms with Crippen LogP contribution in [0.4, 0.5) is 0 Å². The van der Waals surface area contributed by atoms with Gasteiger partial charge in [0.15, 0.2) is 0 Å². The van der Waals surface area contributed by atoms with Gasteiger partial charge in [-0.1, -0.05) is 35.2 Å². The monoisotopic (exact) mass is 343 g/mol. The van der Waals surface area contributed by atoms with Crippen LogP contribution in [0.25, 0.3) is 11.1 Å². The highest BCUT2D eigenvalue weighted by Gasteiger charge is 2.14. The van der Waals surface area contributed by atoms with E-state index in [4.69, 9.17) is 5.26 Å². The van der Waals surface area contributed by atoms with Crippen LogP contribution in [0.1, 0.15) is 37.7 Å². The van der Waals surface area contributed by atoms with Crippen LogP contribution in [-0.2, 0) is 6.54 Å². The van der Waals surface area contributed by atoms with Crippen molar-refractivity contribution in [2.24, 2.45) is 5.92 Å². The van der Waals surface area contributed by atoms with E-state index < -0.39 is 0 Å². The first-order chi connectivity index (χ1) is 10.2. The van der Waals surface area contributed by atoms with Crippen molar-refractivity contribution in [2.75, 3.05) is 0 Å². The van der Waals surface area contributed by atoms with Crippen LogP contribution in [0.15, 0.2) is 35.1 Å². The lowest BCUT2D eigenvalue weighted by Gasteiger charge is -2.21. The number of halogens is 1. The molecule has 4 heteroatoms. The fraction of sp³-hybridized carbons (Fsp3) is 0.412. The van der Waals surface area contributed by atoms with E-state index in [9.17, 15) is 0 Å². The van der Waals surface area contributed by atoms with Crippen molar-refractivity contribution in [1.82, 2.24) is 9.78 Å². The molecule has 1 fully saturated rings. The summed E-state index contributed by atoms with van der Waals surface area (Å²) in [4.78, 5) is 0. The number of nitrogens with zero attached hydrogens (tertiary/aromatic N) is 3. The summed E-state index contributed by atoms with van der Waals surface area (Å²) in [6.07, 6.45) is 10.7. The Hall–Kier alpha value is -1.60. The average molecular weight is 344 g/mol. The summed E-state index contributed by atoms with van der Waals surface area (Å²) in [5, 5.41) is 13.6. The summed E-state index contributed by atoms with van der Waals surface area (Å²) in [5.74, 6) is 0.767. The predicted molar refractivity (Wildman–Crippen MR) is 86.7 cm³/mol. The van der Waals surface area contributed by atoms with Crippen LogP contribution in [0, 0.1) is 17.2 Å².